The van der Waals surface area contributed by atoms with E-state index in [4.69, 9.17) is 0 Å². The fourth-order valence-corrected chi connectivity index (χ4v) is 4.16. The van der Waals surface area contributed by atoms with Gasteiger partial charge in [0.15, 0.2) is 5.16 Å². The smallest absolute Gasteiger partial charge is 0.234 e. The van der Waals surface area contributed by atoms with Crippen molar-refractivity contribution in [3.63, 3.8) is 0 Å². The van der Waals surface area contributed by atoms with Crippen LogP contribution in [0, 0.1) is 6.92 Å². The van der Waals surface area contributed by atoms with E-state index < -0.39 is 0 Å². The number of nitrogens with zero attached hydrogens (tertiary/aromatic N) is 4. The van der Waals surface area contributed by atoms with Crippen molar-refractivity contribution in [1.29, 1.82) is 0 Å². The fourth-order valence-electron chi connectivity index (χ4n) is 3.41. The van der Waals surface area contributed by atoms with Gasteiger partial charge in [-0.15, -0.1) is 10.2 Å². The van der Waals surface area contributed by atoms with Gasteiger partial charge in [0.05, 0.1) is 5.75 Å². The average Bonchev–Trinajstić information content (AvgIpc) is 3.32. The second-order valence-electron chi connectivity index (χ2n) is 7.05. The molecule has 1 aliphatic rings. The van der Waals surface area contributed by atoms with Gasteiger partial charge in [0.2, 0.25) is 5.91 Å². The van der Waals surface area contributed by atoms with Gasteiger partial charge in [0.1, 0.15) is 6.33 Å². The Morgan fingerprint density at radius 3 is 2.81 bits per heavy atom. The molecular formula is C20H29N5OS. The first kappa shape index (κ1) is 19.7. The molecule has 2 heterocycles. The fraction of sp³-hybridized carbons (Fsp3) is 0.550. The minimum Gasteiger partial charge on any atom is -0.371 e. The van der Waals surface area contributed by atoms with E-state index in [1.807, 2.05) is 10.6 Å². The second kappa shape index (κ2) is 9.78. The summed E-state index contributed by atoms with van der Waals surface area (Å²) in [4.78, 5) is 14.8. The number of anilines is 2. The number of carbonyl (C=O) groups is 1. The zero-order valence-corrected chi connectivity index (χ0v) is 17.1. The topological polar surface area (TPSA) is 63.1 Å². The van der Waals surface area contributed by atoms with Crippen LogP contribution in [0.3, 0.4) is 0 Å². The molecule has 1 amide bonds. The van der Waals surface area contributed by atoms with Gasteiger partial charge >= 0.3 is 0 Å². The Balaban J connectivity index is 1.51. The molecule has 3 rings (SSSR count). The Bertz CT molecular complexity index is 755. The van der Waals surface area contributed by atoms with Gasteiger partial charge in [-0.1, -0.05) is 31.5 Å². The zero-order valence-electron chi connectivity index (χ0n) is 16.3. The van der Waals surface area contributed by atoms with Crippen LogP contribution in [0.1, 0.15) is 44.6 Å². The summed E-state index contributed by atoms with van der Waals surface area (Å²) in [5.41, 5.74) is 3.34. The van der Waals surface area contributed by atoms with Gasteiger partial charge in [-0.2, -0.15) is 0 Å². The molecule has 2 aromatic rings. The summed E-state index contributed by atoms with van der Waals surface area (Å²) in [6.07, 6.45) is 7.75. The molecule has 1 aromatic heterocycles. The van der Waals surface area contributed by atoms with E-state index >= 15 is 0 Å². The van der Waals surface area contributed by atoms with Crippen LogP contribution in [0.15, 0.2) is 29.7 Å². The number of thioether (sulfide) groups is 1. The van der Waals surface area contributed by atoms with Gasteiger partial charge in [0.25, 0.3) is 0 Å². The van der Waals surface area contributed by atoms with Crippen LogP contribution in [-0.4, -0.2) is 39.5 Å². The third-order valence-corrected chi connectivity index (χ3v) is 5.82. The lowest BCUT2D eigenvalue weighted by Gasteiger charge is -2.20. The van der Waals surface area contributed by atoms with Gasteiger partial charge in [-0.3, -0.25) is 4.79 Å². The summed E-state index contributed by atoms with van der Waals surface area (Å²) in [6.45, 7) is 7.45. The second-order valence-corrected chi connectivity index (χ2v) is 7.99. The van der Waals surface area contributed by atoms with Crippen molar-refractivity contribution in [3.05, 3.63) is 30.1 Å². The van der Waals surface area contributed by atoms with Crippen molar-refractivity contribution < 1.29 is 4.79 Å². The maximum Gasteiger partial charge on any atom is 0.234 e. The first-order valence-corrected chi connectivity index (χ1v) is 10.8. The van der Waals surface area contributed by atoms with Crippen molar-refractivity contribution >= 4 is 29.0 Å². The highest BCUT2D eigenvalue weighted by Crippen LogP contribution is 2.27. The third-order valence-electron chi connectivity index (χ3n) is 4.84. The summed E-state index contributed by atoms with van der Waals surface area (Å²) >= 11 is 1.44. The molecule has 6 nitrogen and oxygen atoms in total. The molecule has 0 atom stereocenters. The van der Waals surface area contributed by atoms with Crippen LogP contribution in [0.2, 0.25) is 0 Å². The molecule has 146 valence electrons. The van der Waals surface area contributed by atoms with E-state index in [0.717, 1.165) is 36.9 Å². The van der Waals surface area contributed by atoms with Crippen LogP contribution in [-0.2, 0) is 11.3 Å². The Labute approximate surface area is 165 Å². The van der Waals surface area contributed by atoms with E-state index in [2.05, 4.69) is 46.4 Å². The average molecular weight is 388 g/mol. The Hall–Kier alpha value is -2.02. The minimum atomic E-state index is -0.0172. The molecule has 0 aliphatic carbocycles. The van der Waals surface area contributed by atoms with Gasteiger partial charge in [-0.25, -0.2) is 0 Å². The van der Waals surface area contributed by atoms with E-state index in [0.29, 0.717) is 5.75 Å². The van der Waals surface area contributed by atoms with Gasteiger partial charge < -0.3 is 14.8 Å². The number of rotatable bonds is 9. The van der Waals surface area contributed by atoms with E-state index in [-0.39, 0.29) is 5.91 Å². The highest BCUT2D eigenvalue weighted by atomic mass is 32.2. The molecule has 0 unspecified atom stereocenters. The molecule has 1 saturated heterocycles. The normalized spacial score (nSPS) is 13.9. The number of carbonyl (C=O) groups excluding carboxylic acids is 1. The van der Waals surface area contributed by atoms with E-state index in [1.165, 1.54) is 48.7 Å². The number of hydrogen-bond acceptors (Lipinski definition) is 5. The van der Waals surface area contributed by atoms with Crippen LogP contribution in [0.25, 0.3) is 0 Å². The minimum absolute atomic E-state index is 0.0172. The molecule has 7 heteroatoms. The number of unbranched alkanes of at least 4 members (excludes halogenated alkanes) is 2. The number of hydrogen-bond donors (Lipinski definition) is 1. The summed E-state index contributed by atoms with van der Waals surface area (Å²) in [6, 6.07) is 6.17. The number of nitrogens with one attached hydrogen (secondary N) is 1. The molecule has 1 aliphatic heterocycles. The zero-order chi connectivity index (χ0) is 19.1. The lowest BCUT2D eigenvalue weighted by atomic mass is 10.1. The molecule has 1 fully saturated rings. The monoisotopic (exact) mass is 387 g/mol. The van der Waals surface area contributed by atoms with Crippen molar-refractivity contribution in [2.24, 2.45) is 0 Å². The highest BCUT2D eigenvalue weighted by Gasteiger charge is 2.15. The van der Waals surface area contributed by atoms with Crippen LogP contribution >= 0.6 is 11.8 Å². The number of benzene rings is 1. The Morgan fingerprint density at radius 2 is 2.07 bits per heavy atom. The Morgan fingerprint density at radius 1 is 1.26 bits per heavy atom. The summed E-state index contributed by atoms with van der Waals surface area (Å²) < 4.78 is 2.03. The standard InChI is InChI=1S/C20H29N5OS/c1-3-4-5-12-25-15-21-23-20(25)27-14-19(26)22-17-8-9-18(16(2)13-17)24-10-6-7-11-24/h8-9,13,15H,3-7,10-12,14H2,1-2H3,(H,22,26). The Kier molecular flexibility index (Phi) is 7.15. The van der Waals surface area contributed by atoms with Crippen LogP contribution in [0.5, 0.6) is 0 Å². The molecule has 1 N–H and O–H groups in total. The van der Waals surface area contributed by atoms with Crippen LogP contribution < -0.4 is 10.2 Å². The molecule has 0 radical (unpaired) electrons. The van der Waals surface area contributed by atoms with Gasteiger partial charge in [0, 0.05) is 31.0 Å². The molecule has 0 spiro atoms. The lowest BCUT2D eigenvalue weighted by molar-refractivity contribution is -0.113. The number of amides is 1. The molecule has 0 bridgehead atoms. The largest absolute Gasteiger partial charge is 0.371 e. The summed E-state index contributed by atoms with van der Waals surface area (Å²) in [5, 5.41) is 11.9. The van der Waals surface area contributed by atoms with Crippen molar-refractivity contribution in [3.8, 4) is 0 Å². The quantitative estimate of drug-likeness (QED) is 0.518. The highest BCUT2D eigenvalue weighted by molar-refractivity contribution is 7.99. The van der Waals surface area contributed by atoms with Crippen molar-refractivity contribution in [1.82, 2.24) is 14.8 Å². The predicted octanol–water partition coefficient (Wildman–Crippen LogP) is 4.11. The number of aryl methyl sites for hydroxylation is 2. The molecule has 27 heavy (non-hydrogen) atoms. The third kappa shape index (κ3) is 5.48. The summed E-state index contributed by atoms with van der Waals surface area (Å²) in [7, 11) is 0. The lowest BCUT2D eigenvalue weighted by Crippen LogP contribution is -2.19. The first-order chi connectivity index (χ1) is 13.2. The maximum absolute atomic E-state index is 12.3. The maximum atomic E-state index is 12.3. The van der Waals surface area contributed by atoms with E-state index in [1.54, 1.807) is 6.33 Å². The summed E-state index contributed by atoms with van der Waals surface area (Å²) in [5.74, 6) is 0.316. The van der Waals surface area contributed by atoms with Crippen molar-refractivity contribution in [2.45, 2.75) is 57.7 Å². The number of aromatic nitrogens is 3. The van der Waals surface area contributed by atoms with E-state index in [9.17, 15) is 4.79 Å². The SMILES string of the molecule is CCCCCn1cnnc1SCC(=O)Nc1ccc(N2CCCC2)c(C)c1. The first-order valence-electron chi connectivity index (χ1n) is 9.83. The van der Waals surface area contributed by atoms with Crippen LogP contribution in [0.4, 0.5) is 11.4 Å². The van der Waals surface area contributed by atoms with Crippen molar-refractivity contribution in [2.75, 3.05) is 29.1 Å². The molecular weight excluding hydrogens is 358 g/mol. The predicted molar refractivity (Wildman–Crippen MR) is 112 cm³/mol. The molecule has 1 aromatic carbocycles. The molecule has 0 saturated carbocycles. The van der Waals surface area contributed by atoms with Gasteiger partial charge in [-0.05, 0) is 49.9 Å².